The normalized spacial score (nSPS) is 27.8. The van der Waals surface area contributed by atoms with Crippen LogP contribution in [0.3, 0.4) is 0 Å². The topological polar surface area (TPSA) is 43.8 Å². The van der Waals surface area contributed by atoms with Gasteiger partial charge >= 0.3 is 0 Å². The van der Waals surface area contributed by atoms with Gasteiger partial charge in [-0.15, -0.1) is 0 Å². The molecule has 102 valence electrons. The molecule has 3 rings (SSSR count). The average molecular weight is 278 g/mol. The number of hydrogen-bond acceptors (Lipinski definition) is 2. The van der Waals surface area contributed by atoms with Crippen molar-refractivity contribution in [1.82, 2.24) is 9.55 Å². The molecule has 1 aliphatic rings. The summed E-state index contributed by atoms with van der Waals surface area (Å²) in [5.41, 5.74) is 8.05. The van der Waals surface area contributed by atoms with Crippen LogP contribution >= 0.6 is 11.6 Å². The predicted octanol–water partition coefficient (Wildman–Crippen LogP) is 4.27. The van der Waals surface area contributed by atoms with Crippen LogP contribution in [0.2, 0.25) is 5.02 Å². The summed E-state index contributed by atoms with van der Waals surface area (Å²) >= 11 is 6.36. The second-order valence-electron chi connectivity index (χ2n) is 5.78. The van der Waals surface area contributed by atoms with Crippen molar-refractivity contribution in [1.29, 1.82) is 0 Å². The van der Waals surface area contributed by atoms with Crippen molar-refractivity contribution in [3.63, 3.8) is 0 Å². The van der Waals surface area contributed by atoms with E-state index < -0.39 is 0 Å². The summed E-state index contributed by atoms with van der Waals surface area (Å²) in [5, 5.41) is 0.743. The number of para-hydroxylation sites is 1. The van der Waals surface area contributed by atoms with Gasteiger partial charge in [0.25, 0.3) is 0 Å². The zero-order valence-electron chi connectivity index (χ0n) is 11.4. The third-order valence-corrected chi connectivity index (χ3v) is 4.99. The lowest BCUT2D eigenvalue weighted by atomic mass is 9.78. The molecule has 19 heavy (non-hydrogen) atoms. The van der Waals surface area contributed by atoms with Crippen molar-refractivity contribution in [3.8, 4) is 0 Å². The minimum atomic E-state index is 0.411. The zero-order valence-corrected chi connectivity index (χ0v) is 12.2. The van der Waals surface area contributed by atoms with E-state index in [4.69, 9.17) is 17.3 Å². The quantitative estimate of drug-likeness (QED) is 0.846. The summed E-state index contributed by atoms with van der Waals surface area (Å²) < 4.78 is 2.16. The Morgan fingerprint density at radius 2 is 2.11 bits per heavy atom. The van der Waals surface area contributed by atoms with Gasteiger partial charge in [0.15, 0.2) is 0 Å². The molecule has 0 aliphatic heterocycles. The first-order valence-electron chi connectivity index (χ1n) is 7.01. The molecule has 1 heterocycles. The highest BCUT2D eigenvalue weighted by Crippen LogP contribution is 2.41. The van der Waals surface area contributed by atoms with Gasteiger partial charge in [-0.25, -0.2) is 4.98 Å². The van der Waals surface area contributed by atoms with Crippen molar-refractivity contribution in [3.05, 3.63) is 23.2 Å². The van der Waals surface area contributed by atoms with Crippen molar-refractivity contribution >= 4 is 28.6 Å². The SMILES string of the molecule is CC1CCCC(n2c(N)nc3cccc(Cl)c32)C1C. The Labute approximate surface area is 118 Å². The van der Waals surface area contributed by atoms with E-state index in [9.17, 15) is 0 Å². The maximum absolute atomic E-state index is 6.36. The number of benzene rings is 1. The van der Waals surface area contributed by atoms with Gasteiger partial charge in [0.2, 0.25) is 5.95 Å². The van der Waals surface area contributed by atoms with E-state index in [1.54, 1.807) is 0 Å². The Morgan fingerprint density at radius 3 is 2.89 bits per heavy atom. The minimum absolute atomic E-state index is 0.411. The Kier molecular flexibility index (Phi) is 3.17. The molecule has 2 N–H and O–H groups in total. The predicted molar refractivity (Wildman–Crippen MR) is 80.4 cm³/mol. The van der Waals surface area contributed by atoms with Crippen molar-refractivity contribution in [2.45, 2.75) is 39.2 Å². The fourth-order valence-corrected chi connectivity index (χ4v) is 3.64. The molecule has 1 aliphatic carbocycles. The van der Waals surface area contributed by atoms with E-state index in [2.05, 4.69) is 23.4 Å². The molecule has 0 bridgehead atoms. The monoisotopic (exact) mass is 277 g/mol. The minimum Gasteiger partial charge on any atom is -0.369 e. The van der Waals surface area contributed by atoms with Gasteiger partial charge in [-0.05, 0) is 30.4 Å². The molecule has 0 radical (unpaired) electrons. The number of nitrogens with two attached hydrogens (primary N) is 1. The third-order valence-electron chi connectivity index (χ3n) is 4.68. The summed E-state index contributed by atoms with van der Waals surface area (Å²) in [7, 11) is 0. The molecule has 0 saturated heterocycles. The Bertz CT molecular complexity index is 605. The molecule has 0 spiro atoms. The van der Waals surface area contributed by atoms with Gasteiger partial charge in [-0.1, -0.05) is 44.4 Å². The summed E-state index contributed by atoms with van der Waals surface area (Å²) in [6, 6.07) is 6.23. The highest BCUT2D eigenvalue weighted by atomic mass is 35.5. The Morgan fingerprint density at radius 1 is 1.32 bits per heavy atom. The first-order chi connectivity index (χ1) is 9.09. The summed E-state index contributed by atoms with van der Waals surface area (Å²) in [5.74, 6) is 1.91. The molecule has 1 saturated carbocycles. The standard InChI is InChI=1S/C15H20ClN3/c1-9-5-3-8-13(10(9)2)19-14-11(16)6-4-7-12(14)18-15(19)17/h4,6-7,9-10,13H,3,5,8H2,1-2H3,(H2,17,18). The van der Waals surface area contributed by atoms with E-state index in [1.807, 2.05) is 18.2 Å². The van der Waals surface area contributed by atoms with Gasteiger partial charge in [0.05, 0.1) is 16.1 Å². The number of rotatable bonds is 1. The third kappa shape index (κ3) is 2.00. The molecular formula is C15H20ClN3. The van der Waals surface area contributed by atoms with Crippen LogP contribution in [0.15, 0.2) is 18.2 Å². The zero-order chi connectivity index (χ0) is 13.6. The van der Waals surface area contributed by atoms with Crippen LogP contribution in [0.5, 0.6) is 0 Å². The second kappa shape index (κ2) is 4.71. The molecule has 1 fully saturated rings. The summed E-state index contributed by atoms with van der Waals surface area (Å²) in [6.45, 7) is 4.64. The van der Waals surface area contributed by atoms with Crippen LogP contribution in [-0.4, -0.2) is 9.55 Å². The summed E-state index contributed by atoms with van der Waals surface area (Å²) in [4.78, 5) is 4.46. The van der Waals surface area contributed by atoms with Crippen LogP contribution in [0.25, 0.3) is 11.0 Å². The molecule has 3 atom stereocenters. The molecule has 1 aromatic carbocycles. The number of nitrogens with zero attached hydrogens (tertiary/aromatic N) is 2. The maximum atomic E-state index is 6.36. The largest absolute Gasteiger partial charge is 0.369 e. The smallest absolute Gasteiger partial charge is 0.201 e. The fraction of sp³-hybridized carbons (Fsp3) is 0.533. The van der Waals surface area contributed by atoms with Crippen molar-refractivity contribution < 1.29 is 0 Å². The van der Waals surface area contributed by atoms with Gasteiger partial charge in [-0.2, -0.15) is 0 Å². The fourth-order valence-electron chi connectivity index (χ4n) is 3.38. The average Bonchev–Trinajstić information content (AvgIpc) is 2.71. The maximum Gasteiger partial charge on any atom is 0.201 e. The lowest BCUT2D eigenvalue weighted by Gasteiger charge is -2.35. The van der Waals surface area contributed by atoms with Crippen molar-refractivity contribution in [2.75, 3.05) is 5.73 Å². The molecule has 4 heteroatoms. The van der Waals surface area contributed by atoms with E-state index in [0.717, 1.165) is 28.4 Å². The molecule has 3 nitrogen and oxygen atoms in total. The van der Waals surface area contributed by atoms with E-state index >= 15 is 0 Å². The summed E-state index contributed by atoms with van der Waals surface area (Å²) in [6.07, 6.45) is 3.71. The lowest BCUT2D eigenvalue weighted by molar-refractivity contribution is 0.191. The van der Waals surface area contributed by atoms with Gasteiger partial charge < -0.3 is 10.3 Å². The highest BCUT2D eigenvalue weighted by molar-refractivity contribution is 6.35. The number of nitrogen functional groups attached to an aromatic ring is 1. The molecular weight excluding hydrogens is 258 g/mol. The molecule has 0 amide bonds. The van der Waals surface area contributed by atoms with Crippen LogP contribution in [0, 0.1) is 11.8 Å². The highest BCUT2D eigenvalue weighted by Gasteiger charge is 2.31. The van der Waals surface area contributed by atoms with Crippen LogP contribution in [-0.2, 0) is 0 Å². The van der Waals surface area contributed by atoms with E-state index in [-0.39, 0.29) is 0 Å². The number of anilines is 1. The Balaban J connectivity index is 2.16. The lowest BCUT2D eigenvalue weighted by Crippen LogP contribution is -2.27. The number of halogens is 1. The van der Waals surface area contributed by atoms with Gasteiger partial charge in [0, 0.05) is 6.04 Å². The van der Waals surface area contributed by atoms with Crippen LogP contribution < -0.4 is 5.73 Å². The number of fused-ring (bicyclic) bond motifs is 1. The first-order valence-corrected chi connectivity index (χ1v) is 7.39. The van der Waals surface area contributed by atoms with E-state index in [1.165, 1.54) is 12.8 Å². The van der Waals surface area contributed by atoms with Crippen LogP contribution in [0.4, 0.5) is 5.95 Å². The first kappa shape index (κ1) is 12.8. The number of imidazole rings is 1. The number of hydrogen-bond donors (Lipinski definition) is 1. The molecule has 1 aromatic heterocycles. The Hall–Kier alpha value is -1.22. The molecule has 3 unspecified atom stereocenters. The second-order valence-corrected chi connectivity index (χ2v) is 6.19. The molecule has 2 aromatic rings. The van der Waals surface area contributed by atoms with Gasteiger partial charge in [0.1, 0.15) is 0 Å². The van der Waals surface area contributed by atoms with Crippen LogP contribution in [0.1, 0.15) is 39.2 Å². The van der Waals surface area contributed by atoms with Crippen molar-refractivity contribution in [2.24, 2.45) is 11.8 Å². The van der Waals surface area contributed by atoms with E-state index in [0.29, 0.717) is 17.9 Å². The van der Waals surface area contributed by atoms with Gasteiger partial charge in [-0.3, -0.25) is 0 Å². The number of aromatic nitrogens is 2.